The molecule has 1 heterocycles. The van der Waals surface area contributed by atoms with Crippen molar-refractivity contribution in [1.82, 2.24) is 4.98 Å². The molecule has 0 aromatic carbocycles. The summed E-state index contributed by atoms with van der Waals surface area (Å²) in [5, 5.41) is 0. The number of hydrogen-bond acceptors (Lipinski definition) is 3. The first-order valence-electron chi connectivity index (χ1n) is 4.58. The smallest absolute Gasteiger partial charge is 0.310 e. The van der Waals surface area contributed by atoms with Gasteiger partial charge in [-0.05, 0) is 28.2 Å². The van der Waals surface area contributed by atoms with Crippen LogP contribution in [0.5, 0.6) is 0 Å². The lowest BCUT2D eigenvalue weighted by atomic mass is 10.0. The van der Waals surface area contributed by atoms with E-state index < -0.39 is 12.4 Å². The summed E-state index contributed by atoms with van der Waals surface area (Å²) >= 11 is 7.54. The molecular weight excluding hydrogens is 366 g/mol. The van der Waals surface area contributed by atoms with E-state index in [4.69, 9.17) is 11.6 Å². The minimum atomic E-state index is -2.66. The Kier molecular flexibility index (Phi) is 5.51. The maximum absolute atomic E-state index is 12.7. The highest BCUT2D eigenvalue weighted by Gasteiger charge is 2.20. The van der Waals surface area contributed by atoms with Crippen LogP contribution in [0.25, 0.3) is 0 Å². The number of alkyl halides is 3. The molecule has 17 heavy (non-hydrogen) atoms. The van der Waals surface area contributed by atoms with Crippen molar-refractivity contribution in [3.8, 4) is 0 Å². The molecular formula is C10H9ClF2INO2. The Bertz CT molecular complexity index is 429. The van der Waals surface area contributed by atoms with Gasteiger partial charge in [0.05, 0.1) is 13.5 Å². The number of halogens is 4. The Morgan fingerprint density at radius 2 is 2.24 bits per heavy atom. The van der Waals surface area contributed by atoms with Gasteiger partial charge in [0.2, 0.25) is 0 Å². The van der Waals surface area contributed by atoms with Crippen LogP contribution in [0.4, 0.5) is 8.78 Å². The summed E-state index contributed by atoms with van der Waals surface area (Å²) in [6, 6.07) is 0. The molecule has 0 fully saturated rings. The maximum atomic E-state index is 12.7. The third-order valence-electron chi connectivity index (χ3n) is 2.20. The van der Waals surface area contributed by atoms with E-state index in [0.717, 1.165) is 6.20 Å². The Morgan fingerprint density at radius 3 is 2.71 bits per heavy atom. The summed E-state index contributed by atoms with van der Waals surface area (Å²) in [5.41, 5.74) is 0.427. The molecule has 94 valence electrons. The zero-order chi connectivity index (χ0) is 13.0. The SMILES string of the molecule is COC(=O)Cc1c(I)ncc(C(F)F)c1CCl. The van der Waals surface area contributed by atoms with Crippen molar-refractivity contribution in [3.63, 3.8) is 0 Å². The summed E-state index contributed by atoms with van der Waals surface area (Å²) in [6.45, 7) is 0. The molecule has 0 aliphatic carbocycles. The van der Waals surface area contributed by atoms with Crippen LogP contribution < -0.4 is 0 Å². The van der Waals surface area contributed by atoms with Gasteiger partial charge in [0, 0.05) is 23.2 Å². The number of nitrogens with zero attached hydrogens (tertiary/aromatic N) is 1. The third-order valence-corrected chi connectivity index (χ3v) is 3.39. The molecule has 0 saturated heterocycles. The number of carbonyl (C=O) groups excluding carboxylic acids is 1. The van der Waals surface area contributed by atoms with E-state index >= 15 is 0 Å². The fraction of sp³-hybridized carbons (Fsp3) is 0.400. The van der Waals surface area contributed by atoms with Crippen LogP contribution in [0, 0.1) is 3.70 Å². The van der Waals surface area contributed by atoms with Gasteiger partial charge in [0.25, 0.3) is 6.43 Å². The van der Waals surface area contributed by atoms with Gasteiger partial charge < -0.3 is 4.74 Å². The highest BCUT2D eigenvalue weighted by atomic mass is 127. The summed E-state index contributed by atoms with van der Waals surface area (Å²) in [7, 11) is 1.24. The minimum Gasteiger partial charge on any atom is -0.469 e. The summed E-state index contributed by atoms with van der Waals surface area (Å²) in [4.78, 5) is 15.0. The molecule has 0 radical (unpaired) electrons. The second kappa shape index (κ2) is 6.44. The number of aromatic nitrogens is 1. The van der Waals surface area contributed by atoms with E-state index in [1.165, 1.54) is 7.11 Å². The fourth-order valence-electron chi connectivity index (χ4n) is 1.32. The van der Waals surface area contributed by atoms with Gasteiger partial charge in [-0.1, -0.05) is 0 Å². The molecule has 7 heteroatoms. The summed E-state index contributed by atoms with van der Waals surface area (Å²) in [6.07, 6.45) is -1.68. The van der Waals surface area contributed by atoms with E-state index in [-0.39, 0.29) is 23.4 Å². The van der Waals surface area contributed by atoms with Gasteiger partial charge in [0.15, 0.2) is 0 Å². The zero-order valence-electron chi connectivity index (χ0n) is 8.84. The van der Waals surface area contributed by atoms with Crippen LogP contribution in [0.2, 0.25) is 0 Å². The molecule has 1 rings (SSSR count). The lowest BCUT2D eigenvalue weighted by Crippen LogP contribution is -2.11. The quantitative estimate of drug-likeness (QED) is 0.351. The second-order valence-electron chi connectivity index (χ2n) is 3.15. The first-order valence-corrected chi connectivity index (χ1v) is 6.19. The normalized spacial score (nSPS) is 10.7. The molecule has 0 atom stereocenters. The molecule has 0 aliphatic heterocycles. The standard InChI is InChI=1S/C10H9ClF2INO2/c1-17-8(16)2-5-6(3-11)7(9(12)13)4-15-10(5)14/h4,9H,2-3H2,1H3. The second-order valence-corrected chi connectivity index (χ2v) is 4.44. The maximum Gasteiger partial charge on any atom is 0.310 e. The predicted molar refractivity (Wildman–Crippen MR) is 67.2 cm³/mol. The Balaban J connectivity index is 3.25. The topological polar surface area (TPSA) is 39.2 Å². The number of esters is 1. The average Bonchev–Trinajstić information content (AvgIpc) is 2.30. The van der Waals surface area contributed by atoms with Crippen molar-refractivity contribution in [2.75, 3.05) is 7.11 Å². The van der Waals surface area contributed by atoms with Crippen LogP contribution in [0.15, 0.2) is 6.20 Å². The minimum absolute atomic E-state index is 0.0927. The number of ether oxygens (including phenoxy) is 1. The molecule has 3 nitrogen and oxygen atoms in total. The van der Waals surface area contributed by atoms with Crippen molar-refractivity contribution in [3.05, 3.63) is 26.6 Å². The Labute approximate surface area is 116 Å². The molecule has 0 N–H and O–H groups in total. The Morgan fingerprint density at radius 1 is 1.59 bits per heavy atom. The number of rotatable bonds is 4. The fourth-order valence-corrected chi connectivity index (χ4v) is 2.29. The van der Waals surface area contributed by atoms with Crippen LogP contribution in [0.3, 0.4) is 0 Å². The first kappa shape index (κ1) is 14.6. The molecule has 0 spiro atoms. The van der Waals surface area contributed by atoms with Gasteiger partial charge in [0.1, 0.15) is 3.70 Å². The Hall–Kier alpha value is -0.500. The number of pyridine rings is 1. The highest BCUT2D eigenvalue weighted by Crippen LogP contribution is 2.28. The lowest BCUT2D eigenvalue weighted by Gasteiger charge is -2.12. The number of carbonyl (C=O) groups is 1. The largest absolute Gasteiger partial charge is 0.469 e. The van der Waals surface area contributed by atoms with E-state index in [1.807, 2.05) is 22.6 Å². The number of methoxy groups -OCH3 is 1. The third kappa shape index (κ3) is 3.48. The number of hydrogen-bond donors (Lipinski definition) is 0. The highest BCUT2D eigenvalue weighted by molar-refractivity contribution is 14.1. The summed E-state index contributed by atoms with van der Waals surface area (Å²) < 4.78 is 30.4. The van der Waals surface area contributed by atoms with Crippen molar-refractivity contribution in [1.29, 1.82) is 0 Å². The molecule has 0 saturated carbocycles. The van der Waals surface area contributed by atoms with Crippen LogP contribution in [-0.4, -0.2) is 18.1 Å². The van der Waals surface area contributed by atoms with Gasteiger partial charge in [-0.2, -0.15) is 0 Å². The molecule has 0 amide bonds. The molecule has 0 aliphatic rings. The van der Waals surface area contributed by atoms with Gasteiger partial charge >= 0.3 is 5.97 Å². The van der Waals surface area contributed by atoms with Crippen LogP contribution in [-0.2, 0) is 21.8 Å². The predicted octanol–water partition coefficient (Wildman–Crippen LogP) is 3.08. The van der Waals surface area contributed by atoms with Crippen molar-refractivity contribution >= 4 is 40.2 Å². The van der Waals surface area contributed by atoms with Crippen LogP contribution in [0.1, 0.15) is 23.1 Å². The van der Waals surface area contributed by atoms with E-state index in [2.05, 4.69) is 9.72 Å². The van der Waals surface area contributed by atoms with E-state index in [9.17, 15) is 13.6 Å². The lowest BCUT2D eigenvalue weighted by molar-refractivity contribution is -0.139. The molecule has 1 aromatic heterocycles. The first-order chi connectivity index (χ1) is 8.01. The molecule has 0 bridgehead atoms. The van der Waals surface area contributed by atoms with Gasteiger partial charge in [-0.15, -0.1) is 11.6 Å². The van der Waals surface area contributed by atoms with E-state index in [0.29, 0.717) is 9.26 Å². The molecule has 0 unspecified atom stereocenters. The van der Waals surface area contributed by atoms with Gasteiger partial charge in [-0.3, -0.25) is 4.79 Å². The van der Waals surface area contributed by atoms with Crippen molar-refractivity contribution < 1.29 is 18.3 Å². The van der Waals surface area contributed by atoms with Crippen LogP contribution >= 0.6 is 34.2 Å². The molecule has 1 aromatic rings. The van der Waals surface area contributed by atoms with Crippen molar-refractivity contribution in [2.24, 2.45) is 0 Å². The zero-order valence-corrected chi connectivity index (χ0v) is 11.8. The summed E-state index contributed by atoms with van der Waals surface area (Å²) in [5.74, 6) is -0.604. The average molecular weight is 376 g/mol. The van der Waals surface area contributed by atoms with E-state index in [1.54, 1.807) is 0 Å². The monoisotopic (exact) mass is 375 g/mol. The van der Waals surface area contributed by atoms with Crippen molar-refractivity contribution in [2.45, 2.75) is 18.7 Å². The van der Waals surface area contributed by atoms with Gasteiger partial charge in [-0.25, -0.2) is 13.8 Å².